The summed E-state index contributed by atoms with van der Waals surface area (Å²) in [5, 5.41) is 4.20. The Balaban J connectivity index is 1.66. The Morgan fingerprint density at radius 2 is 2.05 bits per heavy atom. The van der Waals surface area contributed by atoms with E-state index in [0.29, 0.717) is 0 Å². The number of hydrogen-bond donors (Lipinski definition) is 1. The van der Waals surface area contributed by atoms with Gasteiger partial charge in [-0.25, -0.2) is 4.98 Å². The number of benzene rings is 1. The van der Waals surface area contributed by atoms with Gasteiger partial charge in [0.2, 0.25) is 0 Å². The topological polar surface area (TPSA) is 63.3 Å². The molecule has 0 spiro atoms. The van der Waals surface area contributed by atoms with Gasteiger partial charge in [0, 0.05) is 11.8 Å². The third-order valence-corrected chi connectivity index (χ3v) is 3.35. The van der Waals surface area contributed by atoms with E-state index in [9.17, 15) is 0 Å². The van der Waals surface area contributed by atoms with Crippen LogP contribution >= 0.6 is 22.6 Å². The molecule has 0 amide bonds. The molecule has 0 saturated carbocycles. The predicted octanol–water partition coefficient (Wildman–Crippen LogP) is 3.79. The summed E-state index contributed by atoms with van der Waals surface area (Å²) >= 11 is 2.17. The van der Waals surface area contributed by atoms with E-state index in [0.717, 1.165) is 26.3 Å². The highest BCUT2D eigenvalue weighted by atomic mass is 127. The molecule has 1 aromatic carbocycles. The molecule has 1 N–H and O–H groups in total. The summed E-state index contributed by atoms with van der Waals surface area (Å²) in [5.74, 6) is 0.747. The summed E-state index contributed by atoms with van der Waals surface area (Å²) < 4.78 is 6.18. The lowest BCUT2D eigenvalue weighted by atomic mass is 10.2. The maximum absolute atomic E-state index is 5.24. The van der Waals surface area contributed by atoms with Crippen molar-refractivity contribution in [3.8, 4) is 11.3 Å². The van der Waals surface area contributed by atoms with E-state index in [1.165, 1.54) is 6.39 Å². The van der Waals surface area contributed by atoms with Crippen LogP contribution in [0.1, 0.15) is 5.56 Å². The van der Waals surface area contributed by atoms with Gasteiger partial charge in [0.1, 0.15) is 3.70 Å². The first-order chi connectivity index (χ1) is 10.3. The molecule has 0 atom stereocenters. The molecule has 0 aliphatic heterocycles. The molecule has 0 aliphatic rings. The average Bonchev–Trinajstić information content (AvgIpc) is 3.02. The number of halogens is 1. The van der Waals surface area contributed by atoms with Gasteiger partial charge in [-0.15, -0.1) is 0 Å². The van der Waals surface area contributed by atoms with Crippen molar-refractivity contribution in [1.29, 1.82) is 0 Å². The van der Waals surface area contributed by atoms with Gasteiger partial charge in [0.25, 0.3) is 0 Å². The highest BCUT2D eigenvalue weighted by Gasteiger charge is 2.00. The van der Waals surface area contributed by atoms with Crippen molar-refractivity contribution in [3.63, 3.8) is 0 Å². The van der Waals surface area contributed by atoms with Gasteiger partial charge in [-0.05, 0) is 64.6 Å². The Bertz CT molecular complexity index is 739. The second-order valence-electron chi connectivity index (χ2n) is 4.22. The summed E-state index contributed by atoms with van der Waals surface area (Å²) in [4.78, 5) is 8.03. The zero-order valence-corrected chi connectivity index (χ0v) is 13.1. The minimum Gasteiger partial charge on any atom is -0.444 e. The standard InChI is InChI=1S/C15H11IN4O/c16-15-7-11(5-6-18-15)8-19-20-13-3-1-12(2-4-13)14-9-17-10-21-14/h1-10,20H/b19-8+. The number of oxazole rings is 1. The summed E-state index contributed by atoms with van der Waals surface area (Å²) in [6.07, 6.45) is 6.62. The number of aromatic nitrogens is 2. The van der Waals surface area contributed by atoms with Crippen LogP contribution in [0.15, 0.2) is 64.7 Å². The lowest BCUT2D eigenvalue weighted by Gasteiger charge is -2.01. The number of hydrazone groups is 1. The van der Waals surface area contributed by atoms with Crippen LogP contribution in [0.25, 0.3) is 11.3 Å². The second-order valence-corrected chi connectivity index (χ2v) is 5.33. The van der Waals surface area contributed by atoms with Gasteiger partial charge in [-0.2, -0.15) is 5.10 Å². The highest BCUT2D eigenvalue weighted by Crippen LogP contribution is 2.20. The maximum atomic E-state index is 5.24. The predicted molar refractivity (Wildman–Crippen MR) is 90.1 cm³/mol. The van der Waals surface area contributed by atoms with Gasteiger partial charge < -0.3 is 4.42 Å². The van der Waals surface area contributed by atoms with Crippen LogP contribution in [-0.2, 0) is 0 Å². The van der Waals surface area contributed by atoms with Gasteiger partial charge >= 0.3 is 0 Å². The van der Waals surface area contributed by atoms with E-state index in [4.69, 9.17) is 4.42 Å². The first kappa shape index (κ1) is 13.7. The van der Waals surface area contributed by atoms with Gasteiger partial charge in [0.05, 0.1) is 18.1 Å². The van der Waals surface area contributed by atoms with Crippen molar-refractivity contribution in [2.24, 2.45) is 5.10 Å². The lowest BCUT2D eigenvalue weighted by Crippen LogP contribution is -1.91. The minimum absolute atomic E-state index is 0.747. The summed E-state index contributed by atoms with van der Waals surface area (Å²) in [5.41, 5.74) is 5.86. The maximum Gasteiger partial charge on any atom is 0.181 e. The molecule has 5 nitrogen and oxygen atoms in total. The molecule has 6 heteroatoms. The second kappa shape index (κ2) is 6.49. The fourth-order valence-corrected chi connectivity index (χ4v) is 2.27. The van der Waals surface area contributed by atoms with Crippen molar-refractivity contribution < 1.29 is 4.42 Å². The third kappa shape index (κ3) is 3.66. The van der Waals surface area contributed by atoms with Gasteiger partial charge in [-0.3, -0.25) is 10.4 Å². The monoisotopic (exact) mass is 390 g/mol. The van der Waals surface area contributed by atoms with E-state index in [1.807, 2.05) is 36.4 Å². The van der Waals surface area contributed by atoms with Crippen molar-refractivity contribution in [3.05, 3.63) is 64.4 Å². The van der Waals surface area contributed by atoms with Crippen LogP contribution in [0, 0.1) is 3.70 Å². The first-order valence-corrected chi connectivity index (χ1v) is 7.29. The number of nitrogens with one attached hydrogen (secondary N) is 1. The molecule has 2 aromatic heterocycles. The number of pyridine rings is 1. The highest BCUT2D eigenvalue weighted by molar-refractivity contribution is 14.1. The quantitative estimate of drug-likeness (QED) is 0.319. The largest absolute Gasteiger partial charge is 0.444 e. The molecule has 3 aromatic rings. The third-order valence-electron chi connectivity index (χ3n) is 2.76. The Hall–Kier alpha value is -2.22. The average molecular weight is 390 g/mol. The SMILES string of the molecule is Ic1cc(/C=N/Nc2ccc(-c3cnco3)cc2)ccn1. The molecule has 104 valence electrons. The molecule has 0 fully saturated rings. The fraction of sp³-hybridized carbons (Fsp3) is 0. The molecule has 0 aliphatic carbocycles. The van der Waals surface area contributed by atoms with Crippen LogP contribution in [0.4, 0.5) is 5.69 Å². The molecular formula is C15H11IN4O. The summed E-state index contributed by atoms with van der Waals surface area (Å²) in [7, 11) is 0. The van der Waals surface area contributed by atoms with E-state index < -0.39 is 0 Å². The van der Waals surface area contributed by atoms with Gasteiger partial charge in [0.15, 0.2) is 12.2 Å². The Morgan fingerprint density at radius 1 is 1.19 bits per heavy atom. The van der Waals surface area contributed by atoms with E-state index in [1.54, 1.807) is 18.6 Å². The number of nitrogens with zero attached hydrogens (tertiary/aromatic N) is 3. The number of hydrogen-bond acceptors (Lipinski definition) is 5. The number of rotatable bonds is 4. The first-order valence-electron chi connectivity index (χ1n) is 6.21. The lowest BCUT2D eigenvalue weighted by molar-refractivity contribution is 0.572. The van der Waals surface area contributed by atoms with Crippen LogP contribution in [0.5, 0.6) is 0 Å². The fourth-order valence-electron chi connectivity index (χ4n) is 1.75. The van der Waals surface area contributed by atoms with Crippen LogP contribution < -0.4 is 5.43 Å². The molecule has 2 heterocycles. The zero-order valence-electron chi connectivity index (χ0n) is 10.9. The normalized spacial score (nSPS) is 10.9. The molecule has 0 bridgehead atoms. The summed E-state index contributed by atoms with van der Waals surface area (Å²) in [6, 6.07) is 11.6. The van der Waals surface area contributed by atoms with Crippen LogP contribution in [0.2, 0.25) is 0 Å². The van der Waals surface area contributed by atoms with E-state index >= 15 is 0 Å². The van der Waals surface area contributed by atoms with Crippen LogP contribution in [0.3, 0.4) is 0 Å². The molecule has 3 rings (SSSR count). The van der Waals surface area contributed by atoms with Crippen molar-refractivity contribution in [2.45, 2.75) is 0 Å². The van der Waals surface area contributed by atoms with Crippen molar-refractivity contribution in [2.75, 3.05) is 5.43 Å². The molecule has 0 radical (unpaired) electrons. The Labute approximate surface area is 135 Å². The van der Waals surface area contributed by atoms with Crippen LogP contribution in [-0.4, -0.2) is 16.2 Å². The van der Waals surface area contributed by atoms with Gasteiger partial charge in [-0.1, -0.05) is 0 Å². The minimum atomic E-state index is 0.747. The Morgan fingerprint density at radius 3 is 2.76 bits per heavy atom. The number of anilines is 1. The molecular weight excluding hydrogens is 379 g/mol. The van der Waals surface area contributed by atoms with Crippen molar-refractivity contribution in [1.82, 2.24) is 9.97 Å². The molecule has 0 saturated heterocycles. The summed E-state index contributed by atoms with van der Waals surface area (Å²) in [6.45, 7) is 0. The molecule has 0 unspecified atom stereocenters. The van der Waals surface area contributed by atoms with Crippen molar-refractivity contribution >= 4 is 34.5 Å². The smallest absolute Gasteiger partial charge is 0.181 e. The molecule has 21 heavy (non-hydrogen) atoms. The Kier molecular flexibility index (Phi) is 4.25. The van der Waals surface area contributed by atoms with E-state index in [2.05, 4.69) is 43.1 Å². The van der Waals surface area contributed by atoms with E-state index in [-0.39, 0.29) is 0 Å². The zero-order chi connectivity index (χ0) is 14.5.